The van der Waals surface area contributed by atoms with Crippen LogP contribution in [0.3, 0.4) is 0 Å². The Morgan fingerprint density at radius 3 is 2.28 bits per heavy atom. The predicted octanol–water partition coefficient (Wildman–Crippen LogP) is 7.67. The van der Waals surface area contributed by atoms with Crippen molar-refractivity contribution >= 4 is 40.9 Å². The molecule has 7 nitrogen and oxygen atoms in total. The number of amides is 2. The molecule has 1 aliphatic heterocycles. The van der Waals surface area contributed by atoms with Crippen LogP contribution in [0.15, 0.2) is 103 Å². The number of fused-ring (bicyclic) bond motifs is 4. The third-order valence-corrected chi connectivity index (χ3v) is 8.65. The van der Waals surface area contributed by atoms with Gasteiger partial charge in [-0.05, 0) is 51.6 Å². The molecule has 7 rings (SSSR count). The second-order valence-corrected chi connectivity index (χ2v) is 11.5. The molecule has 1 N–H and O–H groups in total. The molecule has 214 valence electrons. The van der Waals surface area contributed by atoms with E-state index in [9.17, 15) is 9.59 Å². The highest BCUT2D eigenvalue weighted by Gasteiger charge is 2.35. The first-order valence-corrected chi connectivity index (χ1v) is 14.7. The normalized spacial score (nSPS) is 15.4. The average molecular weight is 610 g/mol. The second kappa shape index (κ2) is 11.2. The molecule has 0 fully saturated rings. The van der Waals surface area contributed by atoms with Crippen LogP contribution in [0.25, 0.3) is 16.8 Å². The summed E-state index contributed by atoms with van der Waals surface area (Å²) in [6.07, 6.45) is 2.80. The lowest BCUT2D eigenvalue weighted by atomic mass is 9.89. The number of nitrogens with one attached hydrogen (secondary N) is 1. The number of benzene rings is 4. The number of carbonyl (C=O) groups excluding carboxylic acids is 2. The van der Waals surface area contributed by atoms with E-state index in [0.717, 1.165) is 22.3 Å². The number of hydrogen-bond donors (Lipinski definition) is 1. The summed E-state index contributed by atoms with van der Waals surface area (Å²) in [5.41, 5.74) is 7.58. The summed E-state index contributed by atoms with van der Waals surface area (Å²) in [5.74, 6) is -0.878. The monoisotopic (exact) mass is 608 g/mol. The van der Waals surface area contributed by atoms with E-state index in [1.807, 2.05) is 48.5 Å². The minimum Gasteiger partial charge on any atom is -0.448 e. The lowest BCUT2D eigenvalue weighted by molar-refractivity contribution is -0.118. The molecule has 2 amide bonds. The summed E-state index contributed by atoms with van der Waals surface area (Å²) in [6, 6.07) is 29.3. The highest BCUT2D eigenvalue weighted by Crippen LogP contribution is 2.44. The molecule has 1 aliphatic carbocycles. The molecule has 1 unspecified atom stereocenters. The van der Waals surface area contributed by atoms with Gasteiger partial charge in [-0.25, -0.2) is 9.48 Å². The van der Waals surface area contributed by atoms with E-state index in [0.29, 0.717) is 28.0 Å². The number of halogens is 2. The van der Waals surface area contributed by atoms with Crippen LogP contribution >= 0.6 is 23.2 Å². The zero-order valence-corrected chi connectivity index (χ0v) is 24.4. The minimum atomic E-state index is -0.590. The van der Waals surface area contributed by atoms with Crippen molar-refractivity contribution in [1.29, 1.82) is 0 Å². The molecule has 4 aromatic carbocycles. The molecule has 9 heteroatoms. The topological polar surface area (TPSA) is 76.5 Å². The van der Waals surface area contributed by atoms with Crippen molar-refractivity contribution in [2.24, 2.45) is 0 Å². The fraction of sp³-hybridized carbons (Fsp3) is 0.147. The molecule has 2 aliphatic rings. The first kappa shape index (κ1) is 27.3. The number of rotatable bonds is 5. The molecule has 0 spiro atoms. The van der Waals surface area contributed by atoms with Gasteiger partial charge in [-0.2, -0.15) is 5.10 Å². The van der Waals surface area contributed by atoms with Crippen LogP contribution in [0.4, 0.5) is 10.5 Å². The third kappa shape index (κ3) is 5.15. The molecule has 2 heterocycles. The van der Waals surface area contributed by atoms with Gasteiger partial charge < -0.3 is 15.0 Å². The van der Waals surface area contributed by atoms with Crippen LogP contribution in [0, 0.1) is 0 Å². The van der Waals surface area contributed by atoms with Crippen molar-refractivity contribution in [2.45, 2.75) is 18.4 Å². The van der Waals surface area contributed by atoms with Crippen LogP contribution in [0.5, 0.6) is 0 Å². The molecule has 1 atom stereocenters. The van der Waals surface area contributed by atoms with Gasteiger partial charge in [-0.15, -0.1) is 0 Å². The Morgan fingerprint density at radius 1 is 0.884 bits per heavy atom. The Hall–Kier alpha value is -4.59. The van der Waals surface area contributed by atoms with Crippen LogP contribution in [-0.2, 0) is 16.1 Å². The smallest absolute Gasteiger partial charge is 0.410 e. The van der Waals surface area contributed by atoms with Crippen molar-refractivity contribution < 1.29 is 14.3 Å². The van der Waals surface area contributed by atoms with Gasteiger partial charge in [0.05, 0.1) is 34.7 Å². The summed E-state index contributed by atoms with van der Waals surface area (Å²) < 4.78 is 7.51. The molecule has 0 radical (unpaired) electrons. The maximum absolute atomic E-state index is 13.6. The van der Waals surface area contributed by atoms with Crippen molar-refractivity contribution in [3.8, 4) is 16.8 Å². The second-order valence-electron chi connectivity index (χ2n) is 10.7. The number of carbonyl (C=O) groups is 2. The number of ether oxygens (including phenoxy) is 1. The summed E-state index contributed by atoms with van der Waals surface area (Å²) in [6.45, 7) is 0.772. The fourth-order valence-corrected chi connectivity index (χ4v) is 6.57. The van der Waals surface area contributed by atoms with Crippen molar-refractivity contribution in [3.63, 3.8) is 0 Å². The van der Waals surface area contributed by atoms with Crippen LogP contribution in [0.1, 0.15) is 34.1 Å². The van der Waals surface area contributed by atoms with E-state index >= 15 is 0 Å². The zero-order chi connectivity index (χ0) is 29.5. The largest absolute Gasteiger partial charge is 0.448 e. The standard InChI is InChI=1S/C34H26Cl2N4O3/c35-22-13-14-32(31(36)15-22)40-18-23(16-37-40)38-33(41)29-19-39(17-21-7-1-2-8-24(21)29)34(42)43-20-30-27-11-5-3-9-25(27)26-10-4-6-12-28(26)30/h1-16,18,29-30H,17,19-20H2,(H,38,41). The van der Waals surface area contributed by atoms with Gasteiger partial charge >= 0.3 is 6.09 Å². The van der Waals surface area contributed by atoms with E-state index < -0.39 is 12.0 Å². The first-order chi connectivity index (χ1) is 21.0. The fourth-order valence-electron chi connectivity index (χ4n) is 6.07. The van der Waals surface area contributed by atoms with Crippen molar-refractivity contribution in [2.75, 3.05) is 18.5 Å². The minimum absolute atomic E-state index is 0.0433. The van der Waals surface area contributed by atoms with Crippen LogP contribution < -0.4 is 5.32 Å². The number of nitrogens with zero attached hydrogens (tertiary/aromatic N) is 3. The van der Waals surface area contributed by atoms with E-state index in [1.54, 1.807) is 40.2 Å². The summed E-state index contributed by atoms with van der Waals surface area (Å²) >= 11 is 12.4. The van der Waals surface area contributed by atoms with E-state index in [1.165, 1.54) is 11.1 Å². The number of aromatic nitrogens is 2. The average Bonchev–Trinajstić information content (AvgIpc) is 3.61. The quantitative estimate of drug-likeness (QED) is 0.222. The molecule has 0 saturated carbocycles. The molecule has 0 saturated heterocycles. The Kier molecular flexibility index (Phi) is 7.13. The molecule has 43 heavy (non-hydrogen) atoms. The lowest BCUT2D eigenvalue weighted by Gasteiger charge is -2.33. The summed E-state index contributed by atoms with van der Waals surface area (Å²) in [4.78, 5) is 28.7. The van der Waals surface area contributed by atoms with Gasteiger partial charge in [0.2, 0.25) is 5.91 Å². The van der Waals surface area contributed by atoms with Crippen LogP contribution in [-0.4, -0.2) is 39.8 Å². The highest BCUT2D eigenvalue weighted by atomic mass is 35.5. The molecule has 0 bridgehead atoms. The van der Waals surface area contributed by atoms with Crippen molar-refractivity contribution in [1.82, 2.24) is 14.7 Å². The number of anilines is 1. The van der Waals surface area contributed by atoms with Gasteiger partial charge in [0.1, 0.15) is 6.61 Å². The maximum Gasteiger partial charge on any atom is 0.410 e. The number of hydrogen-bond acceptors (Lipinski definition) is 4. The van der Waals surface area contributed by atoms with Gasteiger partial charge in [0, 0.05) is 24.0 Å². The summed E-state index contributed by atoms with van der Waals surface area (Å²) in [7, 11) is 0. The van der Waals surface area contributed by atoms with Crippen molar-refractivity contribution in [3.05, 3.63) is 136 Å². The Bertz CT molecular complexity index is 1820. The highest BCUT2D eigenvalue weighted by molar-refractivity contribution is 6.35. The molecule has 5 aromatic rings. The molecule has 1 aromatic heterocycles. The summed E-state index contributed by atoms with van der Waals surface area (Å²) in [5, 5.41) is 8.27. The predicted molar refractivity (Wildman–Crippen MR) is 167 cm³/mol. The van der Waals surface area contributed by atoms with E-state index in [-0.39, 0.29) is 25.0 Å². The Labute approximate surface area is 258 Å². The van der Waals surface area contributed by atoms with E-state index in [2.05, 4.69) is 34.7 Å². The van der Waals surface area contributed by atoms with E-state index in [4.69, 9.17) is 27.9 Å². The maximum atomic E-state index is 13.6. The Morgan fingerprint density at radius 2 is 1.56 bits per heavy atom. The van der Waals surface area contributed by atoms with Gasteiger partial charge in [0.25, 0.3) is 0 Å². The zero-order valence-electron chi connectivity index (χ0n) is 22.9. The Balaban J connectivity index is 1.07. The molecular weight excluding hydrogens is 583 g/mol. The lowest BCUT2D eigenvalue weighted by Crippen LogP contribution is -2.42. The van der Waals surface area contributed by atoms with Gasteiger partial charge in [-0.3, -0.25) is 4.79 Å². The first-order valence-electron chi connectivity index (χ1n) is 13.9. The van der Waals surface area contributed by atoms with Gasteiger partial charge in [0.15, 0.2) is 0 Å². The SMILES string of the molecule is O=C(Nc1cnn(-c2ccc(Cl)cc2Cl)c1)C1CN(C(=O)OCC2c3ccccc3-c3ccccc32)Cc2ccccc21. The van der Waals surface area contributed by atoms with Crippen LogP contribution in [0.2, 0.25) is 10.0 Å². The third-order valence-electron chi connectivity index (χ3n) is 8.11. The van der Waals surface area contributed by atoms with Gasteiger partial charge in [-0.1, -0.05) is 96.0 Å². The molecular formula is C34H26Cl2N4O3.